The minimum atomic E-state index is 0.327. The number of benzene rings is 1. The Bertz CT molecular complexity index is 627. The van der Waals surface area contributed by atoms with E-state index >= 15 is 0 Å². The summed E-state index contributed by atoms with van der Waals surface area (Å²) in [7, 11) is 0. The van der Waals surface area contributed by atoms with Crippen molar-refractivity contribution < 1.29 is 4.42 Å². The fourth-order valence-corrected chi connectivity index (χ4v) is 3.34. The maximum Gasteiger partial charge on any atom is 0.198 e. The highest BCUT2D eigenvalue weighted by Gasteiger charge is 2.27. The van der Waals surface area contributed by atoms with Crippen LogP contribution in [0.2, 0.25) is 0 Å². The van der Waals surface area contributed by atoms with E-state index in [2.05, 4.69) is 50.1 Å². The average Bonchev–Trinajstić information content (AvgIpc) is 2.80. The molecule has 0 amide bonds. The Labute approximate surface area is 127 Å². The van der Waals surface area contributed by atoms with E-state index in [-0.39, 0.29) is 0 Å². The van der Waals surface area contributed by atoms with Crippen molar-refractivity contribution >= 4 is 16.8 Å². The first-order chi connectivity index (χ1) is 9.93. The van der Waals surface area contributed by atoms with Crippen LogP contribution in [0.15, 0.2) is 22.6 Å². The number of nitrogens with zero attached hydrogens (tertiary/aromatic N) is 1. The van der Waals surface area contributed by atoms with Gasteiger partial charge in [-0.2, -0.15) is 0 Å². The molecule has 3 nitrogen and oxygen atoms in total. The van der Waals surface area contributed by atoms with Gasteiger partial charge in [0.1, 0.15) is 5.52 Å². The standard InChI is InChI=1S/C18H26N2O/c1-12(2)17-20-15-10-13(7-8-16(15)21-17)19-14-6-5-9-18(3,4)11-14/h7-8,10,12,14,19H,5-6,9,11H2,1-4H3. The summed E-state index contributed by atoms with van der Waals surface area (Å²) in [6, 6.07) is 6.83. The quantitative estimate of drug-likeness (QED) is 0.828. The second kappa shape index (κ2) is 5.36. The molecular formula is C18H26N2O. The summed E-state index contributed by atoms with van der Waals surface area (Å²) in [4.78, 5) is 4.59. The average molecular weight is 286 g/mol. The van der Waals surface area contributed by atoms with Gasteiger partial charge in [-0.15, -0.1) is 0 Å². The molecule has 1 fully saturated rings. The number of hydrogen-bond donors (Lipinski definition) is 1. The van der Waals surface area contributed by atoms with Crippen LogP contribution in [-0.4, -0.2) is 11.0 Å². The summed E-state index contributed by atoms with van der Waals surface area (Å²) < 4.78 is 5.77. The fraction of sp³-hybridized carbons (Fsp3) is 0.611. The molecule has 114 valence electrons. The lowest BCUT2D eigenvalue weighted by molar-refractivity contribution is 0.229. The summed E-state index contributed by atoms with van der Waals surface area (Å²) in [6.45, 7) is 8.95. The zero-order chi connectivity index (χ0) is 15.0. The number of fused-ring (bicyclic) bond motifs is 1. The molecule has 1 aromatic carbocycles. The summed E-state index contributed by atoms with van der Waals surface area (Å²) in [5.41, 5.74) is 3.46. The monoisotopic (exact) mass is 286 g/mol. The molecule has 0 saturated heterocycles. The van der Waals surface area contributed by atoms with Crippen LogP contribution in [-0.2, 0) is 0 Å². The normalized spacial score (nSPS) is 21.9. The van der Waals surface area contributed by atoms with Gasteiger partial charge in [-0.1, -0.05) is 34.1 Å². The van der Waals surface area contributed by atoms with E-state index < -0.39 is 0 Å². The largest absolute Gasteiger partial charge is 0.440 e. The van der Waals surface area contributed by atoms with E-state index in [9.17, 15) is 0 Å². The first-order valence-electron chi connectivity index (χ1n) is 8.10. The molecule has 2 aromatic rings. The molecule has 1 aliphatic rings. The van der Waals surface area contributed by atoms with Crippen molar-refractivity contribution in [3.05, 3.63) is 24.1 Å². The Hall–Kier alpha value is -1.51. The first kappa shape index (κ1) is 14.4. The van der Waals surface area contributed by atoms with Crippen molar-refractivity contribution in [2.45, 2.75) is 65.3 Å². The smallest absolute Gasteiger partial charge is 0.198 e. The maximum atomic E-state index is 5.77. The van der Waals surface area contributed by atoms with E-state index in [4.69, 9.17) is 4.42 Å². The minimum absolute atomic E-state index is 0.327. The lowest BCUT2D eigenvalue weighted by atomic mass is 9.75. The van der Waals surface area contributed by atoms with Crippen LogP contribution in [0.5, 0.6) is 0 Å². The Balaban J connectivity index is 1.78. The number of hydrogen-bond acceptors (Lipinski definition) is 3. The number of rotatable bonds is 3. The zero-order valence-corrected chi connectivity index (χ0v) is 13.6. The number of oxazole rings is 1. The summed E-state index contributed by atoms with van der Waals surface area (Å²) >= 11 is 0. The Morgan fingerprint density at radius 3 is 2.86 bits per heavy atom. The third-order valence-electron chi connectivity index (χ3n) is 4.47. The van der Waals surface area contributed by atoms with Gasteiger partial charge in [0.2, 0.25) is 0 Å². The van der Waals surface area contributed by atoms with E-state index in [1.54, 1.807) is 0 Å². The van der Waals surface area contributed by atoms with Crippen LogP contribution >= 0.6 is 0 Å². The SMILES string of the molecule is CC(C)c1nc2cc(NC3CCCC(C)(C)C3)ccc2o1. The van der Waals surface area contributed by atoms with Gasteiger partial charge in [-0.05, 0) is 42.9 Å². The molecule has 1 heterocycles. The molecule has 0 bridgehead atoms. The predicted octanol–water partition coefficient (Wildman–Crippen LogP) is 5.33. The molecule has 1 saturated carbocycles. The van der Waals surface area contributed by atoms with Crippen molar-refractivity contribution in [3.63, 3.8) is 0 Å². The molecule has 1 aliphatic carbocycles. The Morgan fingerprint density at radius 1 is 1.33 bits per heavy atom. The van der Waals surface area contributed by atoms with Crippen LogP contribution in [0.3, 0.4) is 0 Å². The summed E-state index contributed by atoms with van der Waals surface area (Å²) in [5.74, 6) is 1.15. The third-order valence-corrected chi connectivity index (χ3v) is 4.47. The Kier molecular flexibility index (Phi) is 3.68. The highest BCUT2D eigenvalue weighted by Crippen LogP contribution is 2.36. The molecule has 3 rings (SSSR count). The summed E-state index contributed by atoms with van der Waals surface area (Å²) in [6.07, 6.45) is 5.15. The minimum Gasteiger partial charge on any atom is -0.440 e. The van der Waals surface area contributed by atoms with Gasteiger partial charge >= 0.3 is 0 Å². The predicted molar refractivity (Wildman–Crippen MR) is 87.8 cm³/mol. The molecule has 0 aliphatic heterocycles. The highest BCUT2D eigenvalue weighted by atomic mass is 16.3. The van der Waals surface area contributed by atoms with Crippen molar-refractivity contribution in [2.75, 3.05) is 5.32 Å². The summed E-state index contributed by atoms with van der Waals surface area (Å²) in [5, 5.41) is 3.69. The van der Waals surface area contributed by atoms with E-state index in [1.165, 1.54) is 25.7 Å². The fourth-order valence-electron chi connectivity index (χ4n) is 3.34. The molecule has 1 atom stereocenters. The molecule has 1 unspecified atom stereocenters. The Morgan fingerprint density at radius 2 is 2.14 bits per heavy atom. The number of aromatic nitrogens is 1. The van der Waals surface area contributed by atoms with Crippen LogP contribution < -0.4 is 5.32 Å². The maximum absolute atomic E-state index is 5.77. The van der Waals surface area contributed by atoms with Gasteiger partial charge in [0.15, 0.2) is 11.5 Å². The van der Waals surface area contributed by atoms with E-state index in [1.807, 2.05) is 6.07 Å². The second-order valence-electron chi connectivity index (χ2n) is 7.49. The van der Waals surface area contributed by atoms with Gasteiger partial charge < -0.3 is 9.73 Å². The second-order valence-corrected chi connectivity index (χ2v) is 7.49. The van der Waals surface area contributed by atoms with Gasteiger partial charge in [0.05, 0.1) is 0 Å². The van der Waals surface area contributed by atoms with Crippen LogP contribution in [0.25, 0.3) is 11.1 Å². The molecule has 1 aromatic heterocycles. The number of nitrogens with one attached hydrogen (secondary N) is 1. The molecule has 0 spiro atoms. The van der Waals surface area contributed by atoms with Gasteiger partial charge in [-0.25, -0.2) is 4.98 Å². The van der Waals surface area contributed by atoms with Crippen molar-refractivity contribution in [1.29, 1.82) is 0 Å². The number of anilines is 1. The van der Waals surface area contributed by atoms with Crippen molar-refractivity contribution in [1.82, 2.24) is 4.98 Å². The molecule has 1 N–H and O–H groups in total. The first-order valence-corrected chi connectivity index (χ1v) is 8.10. The van der Waals surface area contributed by atoms with E-state index in [0.717, 1.165) is 22.7 Å². The van der Waals surface area contributed by atoms with Crippen LogP contribution in [0, 0.1) is 5.41 Å². The molecule has 3 heteroatoms. The van der Waals surface area contributed by atoms with Gasteiger partial charge in [0, 0.05) is 17.6 Å². The van der Waals surface area contributed by atoms with Gasteiger partial charge in [0.25, 0.3) is 0 Å². The zero-order valence-electron chi connectivity index (χ0n) is 13.6. The van der Waals surface area contributed by atoms with Gasteiger partial charge in [-0.3, -0.25) is 0 Å². The third kappa shape index (κ3) is 3.22. The topological polar surface area (TPSA) is 38.1 Å². The van der Waals surface area contributed by atoms with Crippen LogP contribution in [0.4, 0.5) is 5.69 Å². The molecular weight excluding hydrogens is 260 g/mol. The lowest BCUT2D eigenvalue weighted by Gasteiger charge is -2.36. The molecule has 21 heavy (non-hydrogen) atoms. The van der Waals surface area contributed by atoms with Crippen LogP contribution in [0.1, 0.15) is 65.2 Å². The van der Waals surface area contributed by atoms with Crippen molar-refractivity contribution in [3.8, 4) is 0 Å². The van der Waals surface area contributed by atoms with Crippen molar-refractivity contribution in [2.24, 2.45) is 5.41 Å². The molecule has 0 radical (unpaired) electrons. The van der Waals surface area contributed by atoms with E-state index in [0.29, 0.717) is 17.4 Å². The lowest BCUT2D eigenvalue weighted by Crippen LogP contribution is -2.31. The highest BCUT2D eigenvalue weighted by molar-refractivity contribution is 5.77.